The van der Waals surface area contributed by atoms with Crippen molar-refractivity contribution in [2.24, 2.45) is 11.7 Å². The second-order valence-electron chi connectivity index (χ2n) is 5.32. The van der Waals surface area contributed by atoms with E-state index in [9.17, 15) is 12.8 Å². The van der Waals surface area contributed by atoms with Crippen LogP contribution in [0.3, 0.4) is 0 Å². The maximum atomic E-state index is 12.9. The molecule has 1 unspecified atom stereocenters. The number of benzene rings is 1. The van der Waals surface area contributed by atoms with Crippen molar-refractivity contribution in [2.45, 2.75) is 43.0 Å². The zero-order valence-electron chi connectivity index (χ0n) is 11.8. The Labute approximate surface area is 131 Å². The number of sulfonamides is 1. The summed E-state index contributed by atoms with van der Waals surface area (Å²) < 4.78 is 40.1. The van der Waals surface area contributed by atoms with E-state index in [-0.39, 0.29) is 29.9 Å². The molecule has 0 saturated heterocycles. The molecule has 0 aromatic heterocycles. The third-order valence-electron chi connectivity index (χ3n) is 3.90. The van der Waals surface area contributed by atoms with Gasteiger partial charge < -0.3 is 5.73 Å². The molecule has 3 N–H and O–H groups in total. The van der Waals surface area contributed by atoms with Crippen LogP contribution in [0.25, 0.3) is 0 Å². The van der Waals surface area contributed by atoms with Gasteiger partial charge in [-0.1, -0.05) is 19.3 Å². The van der Waals surface area contributed by atoms with Crippen molar-refractivity contribution in [2.75, 3.05) is 6.54 Å². The van der Waals surface area contributed by atoms with Gasteiger partial charge in [-0.3, -0.25) is 0 Å². The second-order valence-corrected chi connectivity index (χ2v) is 7.03. The summed E-state index contributed by atoms with van der Waals surface area (Å²) in [6.45, 7) is 0.283. The van der Waals surface area contributed by atoms with Crippen LogP contribution in [0.4, 0.5) is 4.39 Å². The van der Waals surface area contributed by atoms with Crippen molar-refractivity contribution >= 4 is 22.4 Å². The van der Waals surface area contributed by atoms with Gasteiger partial charge in [0.25, 0.3) is 0 Å². The minimum atomic E-state index is -3.63. The monoisotopic (exact) mass is 336 g/mol. The van der Waals surface area contributed by atoms with Gasteiger partial charge in [0.2, 0.25) is 10.0 Å². The van der Waals surface area contributed by atoms with Crippen LogP contribution in [0.2, 0.25) is 0 Å². The lowest BCUT2D eigenvalue weighted by atomic mass is 9.84. The maximum absolute atomic E-state index is 12.9. The summed E-state index contributed by atoms with van der Waals surface area (Å²) in [5.74, 6) is -0.157. The zero-order chi connectivity index (χ0) is 14.6. The predicted octanol–water partition coefficient (Wildman–Crippen LogP) is 2.43. The van der Waals surface area contributed by atoms with Gasteiger partial charge in [0, 0.05) is 12.6 Å². The molecule has 1 atom stereocenters. The van der Waals surface area contributed by atoms with Crippen molar-refractivity contribution in [1.29, 1.82) is 0 Å². The lowest BCUT2D eigenvalue weighted by Gasteiger charge is -2.29. The third-order valence-corrected chi connectivity index (χ3v) is 5.41. The minimum absolute atomic E-state index is 0. The molecular formula is C14H22ClFN2O2S. The number of hydrogen-bond acceptors (Lipinski definition) is 3. The number of halogens is 2. The van der Waals surface area contributed by atoms with Crippen LogP contribution < -0.4 is 10.5 Å². The fourth-order valence-electron chi connectivity index (χ4n) is 2.75. The molecule has 0 aliphatic heterocycles. The molecule has 1 aromatic rings. The molecule has 120 valence electrons. The van der Waals surface area contributed by atoms with E-state index in [4.69, 9.17) is 5.73 Å². The summed E-state index contributed by atoms with van der Waals surface area (Å²) in [5, 5.41) is 0. The molecule has 0 heterocycles. The first kappa shape index (κ1) is 18.4. The normalized spacial score (nSPS) is 18.0. The first-order chi connectivity index (χ1) is 9.53. The fourth-order valence-corrected chi connectivity index (χ4v) is 4.07. The van der Waals surface area contributed by atoms with E-state index >= 15 is 0 Å². The Balaban J connectivity index is 0.00000220. The van der Waals surface area contributed by atoms with Crippen LogP contribution >= 0.6 is 12.4 Å². The largest absolute Gasteiger partial charge is 0.329 e. The van der Waals surface area contributed by atoms with E-state index < -0.39 is 15.8 Å². The molecule has 0 amide bonds. The Morgan fingerprint density at radius 3 is 2.29 bits per heavy atom. The SMILES string of the molecule is Cl.NCC(NS(=O)(=O)c1ccc(F)cc1)C1CCCCC1. The topological polar surface area (TPSA) is 72.2 Å². The van der Waals surface area contributed by atoms with E-state index in [0.717, 1.165) is 37.8 Å². The molecule has 0 spiro atoms. The standard InChI is InChI=1S/C14H21FN2O2S.ClH/c15-12-6-8-13(9-7-12)20(18,19)17-14(10-16)11-4-2-1-3-5-11;/h6-9,11,14,17H,1-5,10,16H2;1H. The van der Waals surface area contributed by atoms with Crippen LogP contribution in [-0.4, -0.2) is 21.0 Å². The summed E-state index contributed by atoms with van der Waals surface area (Å²) in [6, 6.07) is 4.59. The smallest absolute Gasteiger partial charge is 0.240 e. The Kier molecular flexibility index (Phi) is 7.06. The summed E-state index contributed by atoms with van der Waals surface area (Å²) in [7, 11) is -3.63. The van der Waals surface area contributed by atoms with Gasteiger partial charge in [-0.25, -0.2) is 17.5 Å². The average Bonchev–Trinajstić information content (AvgIpc) is 2.46. The van der Waals surface area contributed by atoms with Crippen molar-refractivity contribution in [1.82, 2.24) is 4.72 Å². The van der Waals surface area contributed by atoms with Crippen LogP contribution in [0, 0.1) is 11.7 Å². The van der Waals surface area contributed by atoms with E-state index in [1.165, 1.54) is 18.6 Å². The van der Waals surface area contributed by atoms with Crippen LogP contribution in [0.1, 0.15) is 32.1 Å². The molecule has 7 heteroatoms. The quantitative estimate of drug-likeness (QED) is 0.867. The van der Waals surface area contributed by atoms with E-state index in [1.54, 1.807) is 0 Å². The van der Waals surface area contributed by atoms with Crippen molar-refractivity contribution in [3.8, 4) is 0 Å². The molecule has 0 radical (unpaired) electrons. The minimum Gasteiger partial charge on any atom is -0.329 e. The number of nitrogens with one attached hydrogen (secondary N) is 1. The summed E-state index contributed by atoms with van der Waals surface area (Å²) in [6.07, 6.45) is 5.47. The molecule has 21 heavy (non-hydrogen) atoms. The Bertz CT molecular complexity index is 530. The Hall–Kier alpha value is -0.690. The lowest BCUT2D eigenvalue weighted by molar-refractivity contribution is 0.294. The third kappa shape index (κ3) is 4.92. The Morgan fingerprint density at radius 1 is 1.19 bits per heavy atom. The first-order valence-electron chi connectivity index (χ1n) is 7.01. The van der Waals surface area contributed by atoms with Gasteiger partial charge >= 0.3 is 0 Å². The van der Waals surface area contributed by atoms with Crippen LogP contribution in [0.15, 0.2) is 29.2 Å². The second kappa shape index (κ2) is 8.08. The van der Waals surface area contributed by atoms with Gasteiger partial charge in [-0.05, 0) is 43.0 Å². The van der Waals surface area contributed by atoms with Crippen LogP contribution in [-0.2, 0) is 10.0 Å². The molecular weight excluding hydrogens is 315 g/mol. The Morgan fingerprint density at radius 2 is 1.76 bits per heavy atom. The maximum Gasteiger partial charge on any atom is 0.240 e. The number of rotatable bonds is 5. The first-order valence-corrected chi connectivity index (χ1v) is 8.49. The van der Waals surface area contributed by atoms with Gasteiger partial charge in [-0.15, -0.1) is 12.4 Å². The fraction of sp³-hybridized carbons (Fsp3) is 0.571. The highest BCUT2D eigenvalue weighted by molar-refractivity contribution is 7.89. The van der Waals surface area contributed by atoms with Crippen molar-refractivity contribution < 1.29 is 12.8 Å². The molecule has 1 aromatic carbocycles. The highest BCUT2D eigenvalue weighted by Gasteiger charge is 2.27. The van der Waals surface area contributed by atoms with Gasteiger partial charge in [-0.2, -0.15) is 0 Å². The molecule has 1 fully saturated rings. The number of nitrogens with two attached hydrogens (primary N) is 1. The summed E-state index contributed by atoms with van der Waals surface area (Å²) in [5.41, 5.74) is 5.73. The van der Waals surface area contributed by atoms with Gasteiger partial charge in [0.1, 0.15) is 5.82 Å². The number of hydrogen-bond donors (Lipinski definition) is 2. The molecule has 1 saturated carbocycles. The summed E-state index contributed by atoms with van der Waals surface area (Å²) >= 11 is 0. The van der Waals surface area contributed by atoms with Gasteiger partial charge in [0.15, 0.2) is 0 Å². The molecule has 1 aliphatic rings. The van der Waals surface area contributed by atoms with Gasteiger partial charge in [0.05, 0.1) is 4.90 Å². The highest BCUT2D eigenvalue weighted by Crippen LogP contribution is 2.27. The average molecular weight is 337 g/mol. The highest BCUT2D eigenvalue weighted by atomic mass is 35.5. The summed E-state index contributed by atoms with van der Waals surface area (Å²) in [4.78, 5) is 0.0770. The molecule has 0 bridgehead atoms. The van der Waals surface area contributed by atoms with Crippen LogP contribution in [0.5, 0.6) is 0 Å². The van der Waals surface area contributed by atoms with E-state index in [0.29, 0.717) is 5.92 Å². The predicted molar refractivity (Wildman–Crippen MR) is 83.4 cm³/mol. The zero-order valence-corrected chi connectivity index (χ0v) is 13.4. The van der Waals surface area contributed by atoms with Crippen molar-refractivity contribution in [3.63, 3.8) is 0 Å². The molecule has 1 aliphatic carbocycles. The molecule has 2 rings (SSSR count). The van der Waals surface area contributed by atoms with E-state index in [1.807, 2.05) is 0 Å². The van der Waals surface area contributed by atoms with E-state index in [2.05, 4.69) is 4.72 Å². The molecule has 4 nitrogen and oxygen atoms in total. The van der Waals surface area contributed by atoms with Crippen molar-refractivity contribution in [3.05, 3.63) is 30.1 Å². The lowest BCUT2D eigenvalue weighted by Crippen LogP contribution is -2.45.